The van der Waals surface area contributed by atoms with Gasteiger partial charge in [0, 0.05) is 5.75 Å². The molecule has 0 unspecified atom stereocenters. The first-order valence-electron chi connectivity index (χ1n) is 1.58. The zero-order valence-electron chi connectivity index (χ0n) is 4.16. The average Bonchev–Trinajstić information content (AvgIpc) is 1.30. The van der Waals surface area contributed by atoms with Gasteiger partial charge in [0.25, 0.3) is 0 Å². The molecule has 0 heterocycles. The van der Waals surface area contributed by atoms with Crippen LogP contribution < -0.4 is 5.11 Å². The van der Waals surface area contributed by atoms with E-state index < -0.39 is 22.5 Å². The van der Waals surface area contributed by atoms with Crippen LogP contribution in [-0.2, 0) is 10.1 Å². The first-order chi connectivity index (χ1) is 3.06. The number of rotatable bonds is 2. The molecule has 0 fully saturated rings. The van der Waals surface area contributed by atoms with Crippen LogP contribution in [0.3, 0.4) is 0 Å². The van der Waals surface area contributed by atoms with Crippen LogP contribution in [-0.4, -0.2) is 63.1 Å². The minimum atomic E-state index is -4.24. The normalized spacial score (nSPS) is 10.2. The summed E-state index contributed by atoms with van der Waals surface area (Å²) in [5.74, 6) is -0.799. The van der Waals surface area contributed by atoms with Crippen LogP contribution in [0.1, 0.15) is 0 Å². The van der Waals surface area contributed by atoms with Gasteiger partial charge in [0.05, 0.1) is 10.1 Å². The molecule has 0 saturated carbocycles. The molecular weight excluding hydrogens is 160 g/mol. The molecule has 0 aliphatic heterocycles. The van der Waals surface area contributed by atoms with Crippen LogP contribution in [0.25, 0.3) is 0 Å². The molecule has 0 amide bonds. The SMILES string of the molecule is O=S(=O)([O-])CC[O-].[Ca+2]. The molecule has 0 radical (unpaired) electrons. The van der Waals surface area contributed by atoms with Gasteiger partial charge in [0.1, 0.15) is 0 Å². The van der Waals surface area contributed by atoms with Crippen LogP contribution in [0.2, 0.25) is 0 Å². The largest absolute Gasteiger partial charge is 2.00 e. The van der Waals surface area contributed by atoms with Crippen molar-refractivity contribution in [2.45, 2.75) is 0 Å². The summed E-state index contributed by atoms with van der Waals surface area (Å²) in [5.41, 5.74) is 0. The fraction of sp³-hybridized carbons (Fsp3) is 1.00. The van der Waals surface area contributed by atoms with Gasteiger partial charge in [-0.3, -0.25) is 0 Å². The molecule has 0 aliphatic rings. The maximum Gasteiger partial charge on any atom is 2.00 e. The second-order valence-electron chi connectivity index (χ2n) is 0.966. The van der Waals surface area contributed by atoms with Gasteiger partial charge in [0.15, 0.2) is 0 Å². The molecular formula is C2H4CaO4S. The van der Waals surface area contributed by atoms with Crippen molar-refractivity contribution in [2.75, 3.05) is 12.4 Å². The molecule has 0 spiro atoms. The smallest absolute Gasteiger partial charge is 0.854 e. The van der Waals surface area contributed by atoms with E-state index in [1.807, 2.05) is 0 Å². The summed E-state index contributed by atoms with van der Waals surface area (Å²) in [6.45, 7) is -0.841. The van der Waals surface area contributed by atoms with Crippen molar-refractivity contribution in [2.24, 2.45) is 0 Å². The van der Waals surface area contributed by atoms with Crippen molar-refractivity contribution < 1.29 is 18.1 Å². The third kappa shape index (κ3) is 10.2. The fourth-order valence-electron chi connectivity index (χ4n) is 0.102. The van der Waals surface area contributed by atoms with Gasteiger partial charge in [-0.15, -0.1) is 6.61 Å². The first kappa shape index (κ1) is 11.9. The van der Waals surface area contributed by atoms with Gasteiger partial charge < -0.3 is 9.66 Å². The Morgan fingerprint density at radius 3 is 1.75 bits per heavy atom. The van der Waals surface area contributed by atoms with Crippen molar-refractivity contribution in [1.29, 1.82) is 0 Å². The Hall–Kier alpha value is 1.13. The van der Waals surface area contributed by atoms with Gasteiger partial charge in [-0.25, -0.2) is 8.42 Å². The number of hydrogen-bond donors (Lipinski definition) is 0. The summed E-state index contributed by atoms with van der Waals surface area (Å²) in [7, 11) is -4.24. The minimum Gasteiger partial charge on any atom is -0.854 e. The van der Waals surface area contributed by atoms with E-state index in [0.29, 0.717) is 0 Å². The number of hydrogen-bond acceptors (Lipinski definition) is 4. The van der Waals surface area contributed by atoms with Gasteiger partial charge >= 0.3 is 37.7 Å². The summed E-state index contributed by atoms with van der Waals surface area (Å²) < 4.78 is 28.4. The van der Waals surface area contributed by atoms with Gasteiger partial charge in [-0.05, 0) is 0 Å². The topological polar surface area (TPSA) is 80.3 Å². The third-order valence-corrected chi connectivity index (χ3v) is 1.000. The Kier molecular flexibility index (Phi) is 7.36. The van der Waals surface area contributed by atoms with Crippen LogP contribution in [0.5, 0.6) is 0 Å². The van der Waals surface area contributed by atoms with E-state index in [1.165, 1.54) is 0 Å². The quantitative estimate of drug-likeness (QED) is 0.334. The maximum atomic E-state index is 9.48. The molecule has 0 bridgehead atoms. The summed E-state index contributed by atoms with van der Waals surface area (Å²) >= 11 is 0. The summed E-state index contributed by atoms with van der Waals surface area (Å²) in [6, 6.07) is 0. The van der Waals surface area contributed by atoms with E-state index in [9.17, 15) is 18.1 Å². The average molecular weight is 164 g/mol. The Balaban J connectivity index is 0. The van der Waals surface area contributed by atoms with Crippen LogP contribution in [0.15, 0.2) is 0 Å². The Morgan fingerprint density at radius 2 is 1.75 bits per heavy atom. The van der Waals surface area contributed by atoms with Gasteiger partial charge in [0.2, 0.25) is 0 Å². The second kappa shape index (κ2) is 4.96. The predicted octanol–water partition coefficient (Wildman–Crippen LogP) is -2.49. The maximum absolute atomic E-state index is 9.48. The van der Waals surface area contributed by atoms with E-state index in [-0.39, 0.29) is 37.7 Å². The third-order valence-electron chi connectivity index (χ3n) is 0.333. The van der Waals surface area contributed by atoms with Crippen LogP contribution in [0, 0.1) is 0 Å². The van der Waals surface area contributed by atoms with E-state index in [4.69, 9.17) is 0 Å². The molecule has 0 N–H and O–H groups in total. The summed E-state index contributed by atoms with van der Waals surface area (Å²) in [4.78, 5) is 0. The van der Waals surface area contributed by atoms with Gasteiger partial charge in [-0.2, -0.15) is 0 Å². The van der Waals surface area contributed by atoms with Crippen LogP contribution in [0.4, 0.5) is 0 Å². The fourth-order valence-corrected chi connectivity index (χ4v) is 0.306. The monoisotopic (exact) mass is 164 g/mol. The van der Waals surface area contributed by atoms with Crippen molar-refractivity contribution >= 4 is 47.9 Å². The van der Waals surface area contributed by atoms with E-state index in [2.05, 4.69) is 0 Å². The van der Waals surface area contributed by atoms with E-state index in [0.717, 1.165) is 0 Å². The zero-order chi connectivity index (χ0) is 5.91. The molecule has 4 nitrogen and oxygen atoms in total. The molecule has 0 rings (SSSR count). The van der Waals surface area contributed by atoms with E-state index >= 15 is 0 Å². The molecule has 44 valence electrons. The predicted molar refractivity (Wildman–Crippen MR) is 25.2 cm³/mol. The summed E-state index contributed by atoms with van der Waals surface area (Å²) in [5, 5.41) is 9.37. The molecule has 0 aliphatic carbocycles. The van der Waals surface area contributed by atoms with E-state index in [1.54, 1.807) is 0 Å². The second-order valence-corrected chi connectivity index (χ2v) is 2.49. The van der Waals surface area contributed by atoms with Crippen molar-refractivity contribution in [3.63, 3.8) is 0 Å². The molecule has 8 heavy (non-hydrogen) atoms. The van der Waals surface area contributed by atoms with Crippen LogP contribution >= 0.6 is 0 Å². The van der Waals surface area contributed by atoms with Crippen molar-refractivity contribution in [3.8, 4) is 0 Å². The molecule has 6 heteroatoms. The molecule has 0 saturated heterocycles. The Morgan fingerprint density at radius 1 is 1.38 bits per heavy atom. The van der Waals surface area contributed by atoms with Gasteiger partial charge in [-0.1, -0.05) is 0 Å². The molecule has 0 aromatic rings. The molecule has 0 atom stereocenters. The minimum absolute atomic E-state index is 0. The first-order valence-corrected chi connectivity index (χ1v) is 3.15. The Labute approximate surface area is 77.6 Å². The van der Waals surface area contributed by atoms with Crippen molar-refractivity contribution in [1.82, 2.24) is 0 Å². The Bertz CT molecular complexity index is 127. The molecule has 0 aromatic heterocycles. The zero-order valence-corrected chi connectivity index (χ0v) is 7.19. The van der Waals surface area contributed by atoms with Crippen molar-refractivity contribution in [3.05, 3.63) is 0 Å². The molecule has 0 aromatic carbocycles. The summed E-state index contributed by atoms with van der Waals surface area (Å²) in [6.07, 6.45) is 0. The standard InChI is InChI=1S/C2H5O4S.Ca/c3-1-2-7(4,5)6;/h1-2H2,(H,4,5,6);/q-1;+2/p-1.